The molecule has 0 aromatic heterocycles. The van der Waals surface area contributed by atoms with Crippen LogP contribution in [-0.4, -0.2) is 0 Å². The van der Waals surface area contributed by atoms with Gasteiger partial charge in [-0.1, -0.05) is 291 Å². The zero-order chi connectivity index (χ0) is 55.8. The molecule has 0 bridgehead atoms. The Balaban J connectivity index is 0.947. The Morgan fingerprint density at radius 3 is 0.667 bits per heavy atom. The Kier molecular flexibility index (Phi) is 12.9. The Hall–Kier alpha value is -11.1. The van der Waals surface area contributed by atoms with Crippen molar-refractivity contribution < 1.29 is 0 Å². The maximum Gasteiger partial charge on any atom is 0.0540 e. The summed E-state index contributed by atoms with van der Waals surface area (Å²) in [7, 11) is 0. The molecule has 15 aromatic rings. The van der Waals surface area contributed by atoms with E-state index in [1.807, 2.05) is 0 Å². The number of benzene rings is 15. The maximum atomic E-state index is 2.45. The van der Waals surface area contributed by atoms with Crippen LogP contribution in [0.4, 0.5) is 34.1 Å². The summed E-state index contributed by atoms with van der Waals surface area (Å²) in [5.74, 6) is 0. The van der Waals surface area contributed by atoms with Crippen molar-refractivity contribution in [2.24, 2.45) is 0 Å². The monoisotopic (exact) mass is 1070 g/mol. The van der Waals surface area contributed by atoms with E-state index in [1.165, 1.54) is 54.2 Å². The largest absolute Gasteiger partial charge is 0.309 e. The predicted octanol–water partition coefficient (Wildman–Crippen LogP) is 23.2. The SMILES string of the molecule is c1ccc(-c2ccccc2N(c2ccc(-c3c4ccccc4c(-c4ccc(N(c5ccccc5-c5ccccc5)c5ccccc5-c5ccccc5)cc4)c4c5ccccc5c5ccccc5c34)cc2)c2ccccc2-c2ccccc2)cc1. The van der Waals surface area contributed by atoms with Gasteiger partial charge in [0.15, 0.2) is 0 Å². The molecule has 15 rings (SSSR count). The molecule has 0 aliphatic heterocycles. The summed E-state index contributed by atoms with van der Waals surface area (Å²) < 4.78 is 0. The van der Waals surface area contributed by atoms with Crippen molar-refractivity contribution in [2.75, 3.05) is 9.80 Å². The molecule has 0 saturated carbocycles. The van der Waals surface area contributed by atoms with Crippen LogP contribution in [0.2, 0.25) is 0 Å². The Labute approximate surface area is 490 Å². The van der Waals surface area contributed by atoms with E-state index in [4.69, 9.17) is 0 Å². The normalized spacial score (nSPS) is 11.3. The lowest BCUT2D eigenvalue weighted by molar-refractivity contribution is 1.28. The number of anilines is 6. The number of nitrogens with zero attached hydrogens (tertiary/aromatic N) is 2. The fraction of sp³-hybridized carbons (Fsp3) is 0. The Morgan fingerprint density at radius 1 is 0.155 bits per heavy atom. The zero-order valence-electron chi connectivity index (χ0n) is 46.2. The third kappa shape index (κ3) is 8.86. The molecule has 2 nitrogen and oxygen atoms in total. The molecular formula is C82H56N2. The molecule has 0 N–H and O–H groups in total. The summed E-state index contributed by atoms with van der Waals surface area (Å²) in [5, 5.41) is 9.82. The molecule has 0 aliphatic carbocycles. The lowest BCUT2D eigenvalue weighted by Gasteiger charge is -2.30. The fourth-order valence-electron chi connectivity index (χ4n) is 12.9. The highest BCUT2D eigenvalue weighted by atomic mass is 15.2. The summed E-state index contributed by atoms with van der Waals surface area (Å²) in [6, 6.07) is 124. The summed E-state index contributed by atoms with van der Waals surface area (Å²) in [4.78, 5) is 4.89. The first kappa shape index (κ1) is 49.9. The molecule has 0 amide bonds. The average molecular weight is 1070 g/mol. The van der Waals surface area contributed by atoms with Crippen molar-refractivity contribution in [3.8, 4) is 66.8 Å². The van der Waals surface area contributed by atoms with Crippen LogP contribution in [0.3, 0.4) is 0 Å². The van der Waals surface area contributed by atoms with Crippen LogP contribution in [0.1, 0.15) is 0 Å². The second kappa shape index (κ2) is 21.8. The van der Waals surface area contributed by atoms with Gasteiger partial charge in [0.1, 0.15) is 0 Å². The minimum Gasteiger partial charge on any atom is -0.309 e. The van der Waals surface area contributed by atoms with Crippen molar-refractivity contribution in [3.63, 3.8) is 0 Å². The zero-order valence-corrected chi connectivity index (χ0v) is 46.2. The van der Waals surface area contributed by atoms with Crippen LogP contribution in [0.15, 0.2) is 340 Å². The number of para-hydroxylation sites is 4. The molecule has 2 heteroatoms. The second-order valence-electron chi connectivity index (χ2n) is 21.4. The summed E-state index contributed by atoms with van der Waals surface area (Å²) in [6.07, 6.45) is 0. The van der Waals surface area contributed by atoms with E-state index in [-0.39, 0.29) is 0 Å². The van der Waals surface area contributed by atoms with Gasteiger partial charge in [0, 0.05) is 33.6 Å². The fourth-order valence-corrected chi connectivity index (χ4v) is 12.9. The molecule has 0 saturated heterocycles. The summed E-state index contributed by atoms with van der Waals surface area (Å²) in [6.45, 7) is 0. The Morgan fingerprint density at radius 2 is 0.381 bits per heavy atom. The van der Waals surface area contributed by atoms with Gasteiger partial charge in [0.05, 0.1) is 22.7 Å². The molecular weight excluding hydrogens is 1010 g/mol. The Bertz CT molecular complexity index is 4390. The molecule has 0 radical (unpaired) electrons. The van der Waals surface area contributed by atoms with Crippen LogP contribution >= 0.6 is 0 Å². The lowest BCUT2D eigenvalue weighted by Crippen LogP contribution is -2.12. The molecule has 0 atom stereocenters. The van der Waals surface area contributed by atoms with Crippen molar-refractivity contribution in [3.05, 3.63) is 340 Å². The van der Waals surface area contributed by atoms with Gasteiger partial charge >= 0.3 is 0 Å². The van der Waals surface area contributed by atoms with Gasteiger partial charge in [-0.3, -0.25) is 0 Å². The minimum atomic E-state index is 1.07. The van der Waals surface area contributed by atoms with Gasteiger partial charge in [0.2, 0.25) is 0 Å². The number of fused-ring (bicyclic) bond motifs is 7. The summed E-state index contributed by atoms with van der Waals surface area (Å²) >= 11 is 0. The molecule has 0 heterocycles. The number of hydrogen-bond acceptors (Lipinski definition) is 2. The third-order valence-electron chi connectivity index (χ3n) is 16.6. The highest BCUT2D eigenvalue weighted by Crippen LogP contribution is 2.52. The van der Waals surface area contributed by atoms with Gasteiger partial charge in [-0.05, 0) is 136 Å². The highest BCUT2D eigenvalue weighted by Gasteiger charge is 2.26. The van der Waals surface area contributed by atoms with Crippen molar-refractivity contribution in [1.82, 2.24) is 0 Å². The van der Waals surface area contributed by atoms with Crippen LogP contribution in [0.25, 0.3) is 110 Å². The van der Waals surface area contributed by atoms with E-state index in [1.54, 1.807) is 0 Å². The second-order valence-corrected chi connectivity index (χ2v) is 21.4. The molecule has 0 spiro atoms. The summed E-state index contributed by atoms with van der Waals surface area (Å²) in [5.41, 5.74) is 20.6. The van der Waals surface area contributed by atoms with Gasteiger partial charge in [0.25, 0.3) is 0 Å². The van der Waals surface area contributed by atoms with E-state index in [9.17, 15) is 0 Å². The molecule has 15 aromatic carbocycles. The highest BCUT2D eigenvalue weighted by molar-refractivity contribution is 6.36. The standard InChI is InChI=1S/C82H56N2/c1-5-27-57(28-6-1)65-35-19-23-45-75(65)83(76-46-24-20-36-66(76)58-29-7-2-8-30-58)63-53-49-61(50-54-63)79-73-43-17-18-44-74(73)80(82-72-42-16-14-40-70(72)69-39-13-15-41-71(69)81(79)82)62-51-55-64(56-52-62)84(77-47-25-21-37-67(77)59-31-9-3-10-32-59)78-48-26-22-38-68(78)60-33-11-4-12-34-60/h1-56H. The molecule has 0 fully saturated rings. The lowest BCUT2D eigenvalue weighted by atomic mass is 9.81. The number of hydrogen-bond donors (Lipinski definition) is 0. The number of rotatable bonds is 12. The van der Waals surface area contributed by atoms with Gasteiger partial charge in [-0.25, -0.2) is 0 Å². The van der Waals surface area contributed by atoms with Crippen LogP contribution in [-0.2, 0) is 0 Å². The first-order valence-electron chi connectivity index (χ1n) is 28.9. The van der Waals surface area contributed by atoms with E-state index in [0.717, 1.165) is 89.8 Å². The molecule has 84 heavy (non-hydrogen) atoms. The van der Waals surface area contributed by atoms with E-state index in [0.29, 0.717) is 0 Å². The van der Waals surface area contributed by atoms with Crippen LogP contribution in [0.5, 0.6) is 0 Å². The molecule has 394 valence electrons. The van der Waals surface area contributed by atoms with Crippen molar-refractivity contribution in [1.29, 1.82) is 0 Å². The van der Waals surface area contributed by atoms with E-state index >= 15 is 0 Å². The van der Waals surface area contributed by atoms with E-state index < -0.39 is 0 Å². The third-order valence-corrected chi connectivity index (χ3v) is 16.6. The van der Waals surface area contributed by atoms with Crippen molar-refractivity contribution >= 4 is 77.2 Å². The van der Waals surface area contributed by atoms with E-state index in [2.05, 4.69) is 350 Å². The molecule has 0 aliphatic rings. The quantitative estimate of drug-likeness (QED) is 0.0889. The average Bonchev–Trinajstić information content (AvgIpc) is 1.34. The van der Waals surface area contributed by atoms with Gasteiger partial charge < -0.3 is 9.80 Å². The van der Waals surface area contributed by atoms with Gasteiger partial charge in [-0.2, -0.15) is 0 Å². The van der Waals surface area contributed by atoms with Gasteiger partial charge in [-0.15, -0.1) is 0 Å². The first-order valence-corrected chi connectivity index (χ1v) is 28.9. The smallest absolute Gasteiger partial charge is 0.0540 e. The minimum absolute atomic E-state index is 1.07. The predicted molar refractivity (Wildman–Crippen MR) is 358 cm³/mol. The van der Waals surface area contributed by atoms with Crippen LogP contribution in [0, 0.1) is 0 Å². The topological polar surface area (TPSA) is 6.48 Å². The maximum absolute atomic E-state index is 2.45. The molecule has 0 unspecified atom stereocenters. The van der Waals surface area contributed by atoms with Crippen LogP contribution < -0.4 is 9.80 Å². The van der Waals surface area contributed by atoms with Crippen molar-refractivity contribution in [2.45, 2.75) is 0 Å². The first-order chi connectivity index (χ1) is 41.7.